The Morgan fingerprint density at radius 2 is 1.59 bits per heavy atom. The number of sulfone groups is 1. The lowest BCUT2D eigenvalue weighted by atomic mass is 9.87. The standard InChI is InChI=1S/C28H36N2O2S2/c1-19-15-20(2)26(21(3)16-19)17-23-18-33-27(29-23)30-13-11-25(12-14-30)34(31,32)24-9-7-22(8-10-24)28(4,5)6/h7-10,15-16,18,25H,11-14,17H2,1-6H3. The number of rotatable bonds is 5. The van der Waals surface area contributed by atoms with Crippen molar-refractivity contribution in [2.24, 2.45) is 0 Å². The number of nitrogens with zero attached hydrogens (tertiary/aromatic N) is 2. The molecule has 0 aliphatic carbocycles. The SMILES string of the molecule is Cc1cc(C)c(Cc2csc(N3CCC(S(=O)(=O)c4ccc(C(C)(C)C)cc4)CC3)n2)c(C)c1. The number of piperidine rings is 1. The van der Waals surface area contributed by atoms with Crippen LogP contribution < -0.4 is 4.90 Å². The van der Waals surface area contributed by atoms with Crippen molar-refractivity contribution < 1.29 is 8.42 Å². The van der Waals surface area contributed by atoms with E-state index in [-0.39, 0.29) is 10.7 Å². The van der Waals surface area contributed by atoms with Crippen LogP contribution in [0.4, 0.5) is 5.13 Å². The highest BCUT2D eigenvalue weighted by Crippen LogP contribution is 2.31. The van der Waals surface area contributed by atoms with Crippen LogP contribution in [-0.4, -0.2) is 31.7 Å². The second kappa shape index (κ2) is 9.46. The molecule has 0 radical (unpaired) electrons. The highest BCUT2D eigenvalue weighted by atomic mass is 32.2. The maximum absolute atomic E-state index is 13.3. The fourth-order valence-corrected chi connectivity index (χ4v) is 7.50. The zero-order chi connectivity index (χ0) is 24.7. The van der Waals surface area contributed by atoms with Crippen molar-refractivity contribution in [3.05, 3.63) is 75.3 Å². The van der Waals surface area contributed by atoms with E-state index in [0.29, 0.717) is 17.7 Å². The molecule has 0 atom stereocenters. The number of benzene rings is 2. The predicted octanol–water partition coefficient (Wildman–Crippen LogP) is 6.40. The second-order valence-corrected chi connectivity index (χ2v) is 13.7. The quantitative estimate of drug-likeness (QED) is 0.410. The fraction of sp³-hybridized carbons (Fsp3) is 0.464. The van der Waals surface area contributed by atoms with Gasteiger partial charge in [0.15, 0.2) is 15.0 Å². The van der Waals surface area contributed by atoms with Crippen LogP contribution in [0.5, 0.6) is 0 Å². The van der Waals surface area contributed by atoms with E-state index in [4.69, 9.17) is 4.98 Å². The van der Waals surface area contributed by atoms with Crippen molar-refractivity contribution in [2.45, 2.75) is 76.4 Å². The maximum Gasteiger partial charge on any atom is 0.185 e. The fourth-order valence-electron chi connectivity index (χ4n) is 4.89. The van der Waals surface area contributed by atoms with Gasteiger partial charge in [0.05, 0.1) is 15.8 Å². The lowest BCUT2D eigenvalue weighted by Crippen LogP contribution is -2.39. The Labute approximate surface area is 209 Å². The van der Waals surface area contributed by atoms with Crippen LogP contribution >= 0.6 is 11.3 Å². The van der Waals surface area contributed by atoms with Gasteiger partial charge in [-0.1, -0.05) is 50.6 Å². The average molecular weight is 497 g/mol. The van der Waals surface area contributed by atoms with Crippen molar-refractivity contribution >= 4 is 26.3 Å². The molecule has 4 rings (SSSR count). The summed E-state index contributed by atoms with van der Waals surface area (Å²) < 4.78 is 26.5. The van der Waals surface area contributed by atoms with Crippen LogP contribution in [0.2, 0.25) is 0 Å². The molecule has 0 amide bonds. The summed E-state index contributed by atoms with van der Waals surface area (Å²) >= 11 is 1.66. The topological polar surface area (TPSA) is 50.3 Å². The van der Waals surface area contributed by atoms with E-state index < -0.39 is 9.84 Å². The summed E-state index contributed by atoms with van der Waals surface area (Å²) in [5.41, 5.74) is 7.52. The predicted molar refractivity (Wildman–Crippen MR) is 143 cm³/mol. The van der Waals surface area contributed by atoms with E-state index in [0.717, 1.165) is 35.9 Å². The minimum absolute atomic E-state index is 0.0110. The van der Waals surface area contributed by atoms with E-state index in [1.165, 1.54) is 22.3 Å². The zero-order valence-electron chi connectivity index (χ0n) is 21.2. The first-order valence-corrected chi connectivity index (χ1v) is 14.5. The monoisotopic (exact) mass is 496 g/mol. The highest BCUT2D eigenvalue weighted by Gasteiger charge is 2.32. The van der Waals surface area contributed by atoms with Gasteiger partial charge in [0.1, 0.15) is 0 Å². The van der Waals surface area contributed by atoms with E-state index in [9.17, 15) is 8.42 Å². The van der Waals surface area contributed by atoms with Gasteiger partial charge in [-0.3, -0.25) is 0 Å². The first-order valence-electron chi connectivity index (χ1n) is 12.1. The third kappa shape index (κ3) is 5.23. The molecular formula is C28H36N2O2S2. The Balaban J connectivity index is 1.41. The molecule has 6 heteroatoms. The molecule has 2 aromatic carbocycles. The van der Waals surface area contributed by atoms with Crippen LogP contribution in [-0.2, 0) is 21.7 Å². The summed E-state index contributed by atoms with van der Waals surface area (Å²) in [7, 11) is -3.32. The van der Waals surface area contributed by atoms with Crippen LogP contribution in [0, 0.1) is 20.8 Å². The number of thiazole rings is 1. The number of anilines is 1. The molecule has 1 fully saturated rings. The third-order valence-electron chi connectivity index (χ3n) is 6.94. The smallest absolute Gasteiger partial charge is 0.185 e. The Morgan fingerprint density at radius 1 is 1.00 bits per heavy atom. The first kappa shape index (κ1) is 24.9. The van der Waals surface area contributed by atoms with Crippen molar-refractivity contribution in [2.75, 3.05) is 18.0 Å². The van der Waals surface area contributed by atoms with Crippen molar-refractivity contribution in [3.8, 4) is 0 Å². The average Bonchev–Trinajstić information content (AvgIpc) is 3.24. The molecule has 0 unspecified atom stereocenters. The Hall–Kier alpha value is -2.18. The molecule has 2 heterocycles. The van der Waals surface area contributed by atoms with E-state index in [2.05, 4.69) is 64.0 Å². The van der Waals surface area contributed by atoms with Crippen LogP contribution in [0.25, 0.3) is 0 Å². The van der Waals surface area contributed by atoms with Gasteiger partial charge in [-0.25, -0.2) is 13.4 Å². The minimum atomic E-state index is -3.32. The molecular weight excluding hydrogens is 460 g/mol. The molecule has 0 N–H and O–H groups in total. The summed E-state index contributed by atoms with van der Waals surface area (Å²) in [6.07, 6.45) is 2.10. The molecule has 0 spiro atoms. The summed E-state index contributed by atoms with van der Waals surface area (Å²) in [5, 5.41) is 2.82. The molecule has 34 heavy (non-hydrogen) atoms. The molecule has 0 bridgehead atoms. The van der Waals surface area contributed by atoms with Gasteiger partial charge in [0.25, 0.3) is 0 Å². The second-order valence-electron chi connectivity index (χ2n) is 10.7. The molecule has 1 aliphatic heterocycles. The van der Waals surface area contributed by atoms with Crippen molar-refractivity contribution in [1.29, 1.82) is 0 Å². The van der Waals surface area contributed by atoms with Crippen molar-refractivity contribution in [1.82, 2.24) is 4.98 Å². The molecule has 1 aromatic heterocycles. The highest BCUT2D eigenvalue weighted by molar-refractivity contribution is 7.92. The number of hydrogen-bond donors (Lipinski definition) is 0. The molecule has 1 saturated heterocycles. The van der Waals surface area contributed by atoms with Crippen molar-refractivity contribution in [3.63, 3.8) is 0 Å². The van der Waals surface area contributed by atoms with Gasteiger partial charge in [-0.05, 0) is 73.4 Å². The largest absolute Gasteiger partial charge is 0.348 e. The lowest BCUT2D eigenvalue weighted by Gasteiger charge is -2.31. The summed E-state index contributed by atoms with van der Waals surface area (Å²) in [5.74, 6) is 0. The summed E-state index contributed by atoms with van der Waals surface area (Å²) in [6, 6.07) is 11.9. The Bertz CT molecular complexity index is 1240. The summed E-state index contributed by atoms with van der Waals surface area (Å²) in [6.45, 7) is 14.3. The Kier molecular flexibility index (Phi) is 6.94. The van der Waals surface area contributed by atoms with Crippen LogP contribution in [0.15, 0.2) is 46.7 Å². The van der Waals surface area contributed by atoms with Crippen LogP contribution in [0.1, 0.15) is 67.1 Å². The lowest BCUT2D eigenvalue weighted by molar-refractivity contribution is 0.529. The van der Waals surface area contributed by atoms with Gasteiger partial charge in [0.2, 0.25) is 0 Å². The van der Waals surface area contributed by atoms with Crippen LogP contribution in [0.3, 0.4) is 0 Å². The molecule has 1 aliphatic rings. The van der Waals surface area contributed by atoms with Gasteiger partial charge in [0, 0.05) is 24.9 Å². The normalized spacial score (nSPS) is 15.6. The molecule has 0 saturated carbocycles. The van der Waals surface area contributed by atoms with Gasteiger partial charge in [-0.2, -0.15) is 0 Å². The number of aryl methyl sites for hydroxylation is 3. The Morgan fingerprint density at radius 3 is 2.15 bits per heavy atom. The third-order valence-corrected chi connectivity index (χ3v) is 10.2. The van der Waals surface area contributed by atoms with E-state index in [1.807, 2.05) is 12.1 Å². The zero-order valence-corrected chi connectivity index (χ0v) is 22.8. The molecule has 3 aromatic rings. The van der Waals surface area contributed by atoms with Gasteiger partial charge in [-0.15, -0.1) is 11.3 Å². The minimum Gasteiger partial charge on any atom is -0.348 e. The molecule has 182 valence electrons. The van der Waals surface area contributed by atoms with E-state index >= 15 is 0 Å². The van der Waals surface area contributed by atoms with Gasteiger partial charge >= 0.3 is 0 Å². The van der Waals surface area contributed by atoms with E-state index in [1.54, 1.807) is 23.5 Å². The first-order chi connectivity index (χ1) is 15.9. The van der Waals surface area contributed by atoms with Gasteiger partial charge < -0.3 is 4.90 Å². The number of aromatic nitrogens is 1. The number of hydrogen-bond acceptors (Lipinski definition) is 5. The summed E-state index contributed by atoms with van der Waals surface area (Å²) in [4.78, 5) is 7.60. The maximum atomic E-state index is 13.3. The molecule has 4 nitrogen and oxygen atoms in total.